The number of amides is 1. The first-order valence-corrected chi connectivity index (χ1v) is 9.51. The minimum absolute atomic E-state index is 0.171. The van der Waals surface area contributed by atoms with Crippen molar-refractivity contribution in [2.45, 2.75) is 19.9 Å². The number of phenols is 1. The van der Waals surface area contributed by atoms with Gasteiger partial charge in [0.2, 0.25) is 5.95 Å². The zero-order chi connectivity index (χ0) is 22.1. The molecule has 160 valence electrons. The quantitative estimate of drug-likeness (QED) is 0.573. The predicted octanol–water partition coefficient (Wildman–Crippen LogP) is 2.63. The zero-order valence-corrected chi connectivity index (χ0v) is 17.5. The summed E-state index contributed by atoms with van der Waals surface area (Å²) in [6.45, 7) is 3.58. The summed E-state index contributed by atoms with van der Waals surface area (Å²) < 4.78 is 12.2. The number of rotatable bonds is 5. The first-order valence-electron chi connectivity index (χ1n) is 9.51. The van der Waals surface area contributed by atoms with Gasteiger partial charge in [-0.05, 0) is 59.7 Å². The Balaban J connectivity index is 1.76. The predicted molar refractivity (Wildman–Crippen MR) is 113 cm³/mol. The number of nitrogens with zero attached hydrogens (tertiary/aromatic N) is 4. The van der Waals surface area contributed by atoms with Gasteiger partial charge in [0.1, 0.15) is 23.3 Å². The molecule has 10 nitrogen and oxygen atoms in total. The van der Waals surface area contributed by atoms with E-state index in [0.29, 0.717) is 40.0 Å². The number of hydrogen-bond donors (Lipinski definition) is 3. The third-order valence-corrected chi connectivity index (χ3v) is 5.15. The van der Waals surface area contributed by atoms with Crippen LogP contribution < -0.4 is 20.1 Å². The number of anilines is 2. The number of fused-ring (bicyclic) bond motifs is 1. The molecule has 0 bridgehead atoms. The van der Waals surface area contributed by atoms with Gasteiger partial charge in [0.25, 0.3) is 5.91 Å². The Morgan fingerprint density at radius 1 is 1.16 bits per heavy atom. The highest BCUT2D eigenvalue weighted by Gasteiger charge is 2.34. The topological polar surface area (TPSA) is 123 Å². The van der Waals surface area contributed by atoms with Crippen LogP contribution in [0.15, 0.2) is 47.7 Å². The van der Waals surface area contributed by atoms with E-state index in [-0.39, 0.29) is 11.7 Å². The van der Waals surface area contributed by atoms with Crippen molar-refractivity contribution in [2.75, 3.05) is 24.9 Å². The lowest BCUT2D eigenvalue weighted by molar-refractivity contribution is -0.113. The van der Waals surface area contributed by atoms with Crippen molar-refractivity contribution in [3.63, 3.8) is 0 Å². The van der Waals surface area contributed by atoms with Gasteiger partial charge < -0.3 is 25.2 Å². The lowest BCUT2D eigenvalue weighted by Gasteiger charge is -2.28. The molecule has 3 aromatic rings. The number of aryl methyl sites for hydroxylation is 1. The Labute approximate surface area is 178 Å². The van der Waals surface area contributed by atoms with Crippen LogP contribution in [0.5, 0.6) is 17.2 Å². The van der Waals surface area contributed by atoms with Gasteiger partial charge in [-0.25, -0.2) is 0 Å². The van der Waals surface area contributed by atoms with Crippen LogP contribution in [0.3, 0.4) is 0 Å². The van der Waals surface area contributed by atoms with Gasteiger partial charge >= 0.3 is 0 Å². The highest BCUT2D eigenvalue weighted by atomic mass is 16.5. The van der Waals surface area contributed by atoms with Gasteiger partial charge in [0.15, 0.2) is 0 Å². The molecule has 1 aliphatic heterocycles. The molecule has 0 saturated carbocycles. The standard InChI is InChI=1S/C21H22N6O4/c1-11-9-13(5-8-16(11)28)19-18(12(2)22-21-24-25-26-27(19)21)20(29)23-15-7-6-14(30-3)10-17(15)31-4/h5-10,19,28H,1-4H3,(H,23,29)(H,22,24,26)/t19-/m1/s1. The SMILES string of the molecule is COc1ccc(NC(=O)C2=C(C)Nc3nnnn3[C@@H]2c2ccc(O)c(C)c2)c(OC)c1. The second-order valence-corrected chi connectivity index (χ2v) is 7.08. The Bertz CT molecular complexity index is 1190. The normalized spacial score (nSPS) is 15.2. The zero-order valence-electron chi connectivity index (χ0n) is 17.5. The molecule has 3 N–H and O–H groups in total. The molecule has 4 rings (SSSR count). The van der Waals surface area contributed by atoms with Crippen molar-refractivity contribution < 1.29 is 19.4 Å². The molecular weight excluding hydrogens is 400 g/mol. The second-order valence-electron chi connectivity index (χ2n) is 7.08. The molecular formula is C21H22N6O4. The van der Waals surface area contributed by atoms with Gasteiger partial charge in [-0.3, -0.25) is 4.79 Å². The summed E-state index contributed by atoms with van der Waals surface area (Å²) in [6.07, 6.45) is 0. The fraction of sp³-hybridized carbons (Fsp3) is 0.238. The summed E-state index contributed by atoms with van der Waals surface area (Å²) >= 11 is 0. The number of hydrogen-bond acceptors (Lipinski definition) is 8. The van der Waals surface area contributed by atoms with Gasteiger partial charge in [0.05, 0.1) is 25.5 Å². The van der Waals surface area contributed by atoms with Crippen LogP contribution in [0, 0.1) is 6.92 Å². The molecule has 0 fully saturated rings. The van der Waals surface area contributed by atoms with E-state index in [1.165, 1.54) is 7.11 Å². The maximum Gasteiger partial charge on any atom is 0.255 e. The average molecular weight is 422 g/mol. The molecule has 0 saturated heterocycles. The lowest BCUT2D eigenvalue weighted by Crippen LogP contribution is -2.31. The molecule has 0 spiro atoms. The number of carbonyl (C=O) groups is 1. The Kier molecular flexibility index (Phi) is 5.20. The van der Waals surface area contributed by atoms with Crippen molar-refractivity contribution in [3.8, 4) is 17.2 Å². The largest absolute Gasteiger partial charge is 0.508 e. The van der Waals surface area contributed by atoms with E-state index in [1.807, 2.05) is 6.07 Å². The van der Waals surface area contributed by atoms with Crippen LogP contribution in [0.2, 0.25) is 0 Å². The van der Waals surface area contributed by atoms with E-state index in [9.17, 15) is 9.90 Å². The first kappa shape index (κ1) is 20.2. The molecule has 0 aliphatic carbocycles. The van der Waals surface area contributed by atoms with Crippen molar-refractivity contribution in [1.29, 1.82) is 0 Å². The summed E-state index contributed by atoms with van der Waals surface area (Å²) in [5.41, 5.74) is 2.99. The van der Waals surface area contributed by atoms with Crippen molar-refractivity contribution >= 4 is 17.5 Å². The monoisotopic (exact) mass is 422 g/mol. The van der Waals surface area contributed by atoms with E-state index in [0.717, 1.165) is 5.56 Å². The molecule has 31 heavy (non-hydrogen) atoms. The number of tetrazole rings is 1. The van der Waals surface area contributed by atoms with Crippen LogP contribution in [0.25, 0.3) is 0 Å². The Hall–Kier alpha value is -4.08. The van der Waals surface area contributed by atoms with E-state index >= 15 is 0 Å². The number of carbonyl (C=O) groups excluding carboxylic acids is 1. The summed E-state index contributed by atoms with van der Waals surface area (Å²) in [5.74, 6) is 1.33. The van der Waals surface area contributed by atoms with E-state index < -0.39 is 6.04 Å². The highest BCUT2D eigenvalue weighted by molar-refractivity contribution is 6.06. The van der Waals surface area contributed by atoms with Gasteiger partial charge in [-0.1, -0.05) is 11.2 Å². The molecule has 10 heteroatoms. The van der Waals surface area contributed by atoms with Crippen molar-refractivity contribution in [1.82, 2.24) is 20.2 Å². The van der Waals surface area contributed by atoms with Gasteiger partial charge in [-0.15, -0.1) is 0 Å². The highest BCUT2D eigenvalue weighted by Crippen LogP contribution is 2.37. The lowest BCUT2D eigenvalue weighted by atomic mass is 9.93. The average Bonchev–Trinajstić information content (AvgIpc) is 3.22. The van der Waals surface area contributed by atoms with Gasteiger partial charge in [0, 0.05) is 11.8 Å². The Morgan fingerprint density at radius 3 is 2.68 bits per heavy atom. The second kappa shape index (κ2) is 7.98. The van der Waals surface area contributed by atoms with E-state index in [1.54, 1.807) is 56.0 Å². The smallest absolute Gasteiger partial charge is 0.255 e. The summed E-state index contributed by atoms with van der Waals surface area (Å²) in [7, 11) is 3.08. The summed E-state index contributed by atoms with van der Waals surface area (Å²) in [6, 6.07) is 9.70. The number of ether oxygens (including phenoxy) is 2. The molecule has 1 amide bonds. The summed E-state index contributed by atoms with van der Waals surface area (Å²) in [4.78, 5) is 13.4. The number of aromatic nitrogens is 4. The third kappa shape index (κ3) is 3.63. The van der Waals surface area contributed by atoms with Gasteiger partial charge in [-0.2, -0.15) is 4.68 Å². The van der Waals surface area contributed by atoms with Crippen molar-refractivity contribution in [3.05, 3.63) is 58.8 Å². The maximum absolute atomic E-state index is 13.4. The molecule has 2 aromatic carbocycles. The van der Waals surface area contributed by atoms with Crippen LogP contribution in [-0.4, -0.2) is 45.4 Å². The molecule has 2 heterocycles. The van der Waals surface area contributed by atoms with Crippen LogP contribution in [0.1, 0.15) is 24.1 Å². The van der Waals surface area contributed by atoms with Crippen LogP contribution in [-0.2, 0) is 4.79 Å². The van der Waals surface area contributed by atoms with E-state index in [4.69, 9.17) is 9.47 Å². The molecule has 1 aromatic heterocycles. The molecule has 0 unspecified atom stereocenters. The fourth-order valence-corrected chi connectivity index (χ4v) is 3.55. The number of benzene rings is 2. The van der Waals surface area contributed by atoms with E-state index in [2.05, 4.69) is 26.2 Å². The number of allylic oxidation sites excluding steroid dienone is 1. The minimum Gasteiger partial charge on any atom is -0.508 e. The Morgan fingerprint density at radius 2 is 1.97 bits per heavy atom. The molecule has 0 radical (unpaired) electrons. The number of nitrogens with one attached hydrogen (secondary N) is 2. The number of methoxy groups -OCH3 is 2. The summed E-state index contributed by atoms with van der Waals surface area (Å²) in [5, 5.41) is 27.7. The minimum atomic E-state index is -0.588. The number of phenolic OH excluding ortho intramolecular Hbond substituents is 1. The fourth-order valence-electron chi connectivity index (χ4n) is 3.55. The van der Waals surface area contributed by atoms with Crippen LogP contribution in [0.4, 0.5) is 11.6 Å². The number of aromatic hydroxyl groups is 1. The first-order chi connectivity index (χ1) is 14.9. The third-order valence-electron chi connectivity index (χ3n) is 5.15. The molecule has 1 aliphatic rings. The van der Waals surface area contributed by atoms with Crippen molar-refractivity contribution in [2.24, 2.45) is 0 Å². The molecule has 1 atom stereocenters. The van der Waals surface area contributed by atoms with Crippen LogP contribution >= 0.6 is 0 Å². The maximum atomic E-state index is 13.4.